The van der Waals surface area contributed by atoms with Crippen LogP contribution in [0.25, 0.3) is 11.0 Å². The Hall–Kier alpha value is -1.88. The van der Waals surface area contributed by atoms with Crippen LogP contribution in [0.4, 0.5) is 0 Å². The fraction of sp³-hybridized carbons (Fsp3) is 0.429. The van der Waals surface area contributed by atoms with Gasteiger partial charge in [0.1, 0.15) is 11.9 Å². The van der Waals surface area contributed by atoms with Gasteiger partial charge in [0.05, 0.1) is 24.7 Å². The number of carbonyl (C=O) groups is 1. The third-order valence-corrected chi connectivity index (χ3v) is 3.09. The largest absolute Gasteiger partial charge is 0.468 e. The molecule has 0 fully saturated rings. The average Bonchev–Trinajstić information content (AvgIpc) is 2.76. The van der Waals surface area contributed by atoms with Gasteiger partial charge < -0.3 is 15.0 Å². The maximum Gasteiger partial charge on any atom is 0.324 e. The summed E-state index contributed by atoms with van der Waals surface area (Å²) >= 11 is 0. The first-order chi connectivity index (χ1) is 9.17. The first kappa shape index (κ1) is 13.5. The van der Waals surface area contributed by atoms with Crippen LogP contribution in [0.3, 0.4) is 0 Å². The van der Waals surface area contributed by atoms with E-state index < -0.39 is 12.0 Å². The van der Waals surface area contributed by atoms with Gasteiger partial charge in [-0.15, -0.1) is 0 Å². The lowest BCUT2D eigenvalue weighted by Crippen LogP contribution is -2.36. The lowest BCUT2D eigenvalue weighted by molar-refractivity contribution is -0.142. The smallest absolute Gasteiger partial charge is 0.324 e. The van der Waals surface area contributed by atoms with Crippen molar-refractivity contribution in [2.24, 2.45) is 5.73 Å². The van der Waals surface area contributed by atoms with Crippen molar-refractivity contribution < 1.29 is 9.53 Å². The first-order valence-corrected chi connectivity index (χ1v) is 6.45. The van der Waals surface area contributed by atoms with Crippen LogP contribution in [0, 0.1) is 0 Å². The Balaban J connectivity index is 2.38. The van der Waals surface area contributed by atoms with E-state index in [1.807, 2.05) is 28.8 Å². The number of aromatic nitrogens is 2. The molecule has 1 atom stereocenters. The van der Waals surface area contributed by atoms with E-state index >= 15 is 0 Å². The molecule has 1 heterocycles. The topological polar surface area (TPSA) is 70.1 Å². The SMILES string of the molecule is CCCc1nc2ccccc2n1CC(N)C(=O)OC. The molecule has 0 radical (unpaired) electrons. The molecule has 0 spiro atoms. The van der Waals surface area contributed by atoms with E-state index in [4.69, 9.17) is 5.73 Å². The third kappa shape index (κ3) is 2.76. The second-order valence-corrected chi connectivity index (χ2v) is 4.51. The molecule has 2 aromatic rings. The van der Waals surface area contributed by atoms with Crippen molar-refractivity contribution in [1.29, 1.82) is 0 Å². The Morgan fingerprint density at radius 1 is 1.47 bits per heavy atom. The summed E-state index contributed by atoms with van der Waals surface area (Å²) < 4.78 is 6.69. The summed E-state index contributed by atoms with van der Waals surface area (Å²) in [5.74, 6) is 0.559. The standard InChI is InChI=1S/C14H19N3O2/c1-3-6-13-16-11-7-4-5-8-12(11)17(13)9-10(15)14(18)19-2/h4-5,7-8,10H,3,6,9,15H2,1-2H3. The number of methoxy groups -OCH3 is 1. The quantitative estimate of drug-likeness (QED) is 0.828. The van der Waals surface area contributed by atoms with Crippen LogP contribution in [-0.4, -0.2) is 28.7 Å². The summed E-state index contributed by atoms with van der Waals surface area (Å²) in [6, 6.07) is 7.20. The molecular weight excluding hydrogens is 242 g/mol. The Bertz CT molecular complexity index is 577. The molecule has 0 saturated carbocycles. The van der Waals surface area contributed by atoms with Gasteiger partial charge in [-0.3, -0.25) is 4.79 Å². The van der Waals surface area contributed by atoms with E-state index in [1.54, 1.807) is 0 Å². The molecule has 0 amide bonds. The average molecular weight is 261 g/mol. The van der Waals surface area contributed by atoms with Crippen LogP contribution < -0.4 is 5.73 Å². The molecule has 0 aliphatic heterocycles. The summed E-state index contributed by atoms with van der Waals surface area (Å²) in [6.45, 7) is 2.49. The van der Waals surface area contributed by atoms with Crippen LogP contribution >= 0.6 is 0 Å². The number of carbonyl (C=O) groups excluding carboxylic acids is 1. The number of rotatable bonds is 5. The van der Waals surface area contributed by atoms with Crippen LogP contribution in [0.1, 0.15) is 19.2 Å². The number of hydrogen-bond acceptors (Lipinski definition) is 4. The molecule has 0 saturated heterocycles. The predicted molar refractivity (Wildman–Crippen MR) is 73.7 cm³/mol. The molecule has 2 rings (SSSR count). The highest BCUT2D eigenvalue weighted by Gasteiger charge is 2.18. The van der Waals surface area contributed by atoms with Crippen molar-refractivity contribution in [3.05, 3.63) is 30.1 Å². The normalized spacial score (nSPS) is 12.6. The zero-order valence-electron chi connectivity index (χ0n) is 11.3. The van der Waals surface area contributed by atoms with E-state index in [2.05, 4.69) is 16.6 Å². The fourth-order valence-electron chi connectivity index (χ4n) is 2.17. The third-order valence-electron chi connectivity index (χ3n) is 3.09. The fourth-order valence-corrected chi connectivity index (χ4v) is 2.17. The molecule has 0 aliphatic rings. The number of ether oxygens (including phenoxy) is 1. The van der Waals surface area contributed by atoms with Gasteiger partial charge in [-0.1, -0.05) is 19.1 Å². The van der Waals surface area contributed by atoms with Gasteiger partial charge in [-0.05, 0) is 18.6 Å². The van der Waals surface area contributed by atoms with Crippen molar-refractivity contribution in [3.63, 3.8) is 0 Å². The Morgan fingerprint density at radius 2 is 2.21 bits per heavy atom. The summed E-state index contributed by atoms with van der Waals surface area (Å²) in [5, 5.41) is 0. The van der Waals surface area contributed by atoms with E-state index in [-0.39, 0.29) is 0 Å². The summed E-state index contributed by atoms with van der Waals surface area (Å²) in [5.41, 5.74) is 7.79. The van der Waals surface area contributed by atoms with Gasteiger partial charge in [-0.25, -0.2) is 4.98 Å². The second-order valence-electron chi connectivity index (χ2n) is 4.51. The van der Waals surface area contributed by atoms with Crippen LogP contribution in [0.5, 0.6) is 0 Å². The Morgan fingerprint density at radius 3 is 2.89 bits per heavy atom. The number of aryl methyl sites for hydroxylation is 1. The number of imidazole rings is 1. The first-order valence-electron chi connectivity index (χ1n) is 6.45. The van der Waals surface area contributed by atoms with E-state index in [0.717, 1.165) is 29.7 Å². The maximum atomic E-state index is 11.5. The molecule has 19 heavy (non-hydrogen) atoms. The van der Waals surface area contributed by atoms with Crippen LogP contribution in [0.15, 0.2) is 24.3 Å². The summed E-state index contributed by atoms with van der Waals surface area (Å²) in [4.78, 5) is 16.1. The van der Waals surface area contributed by atoms with Crippen molar-refractivity contribution in [3.8, 4) is 0 Å². The molecule has 0 bridgehead atoms. The zero-order valence-corrected chi connectivity index (χ0v) is 11.3. The summed E-state index contributed by atoms with van der Waals surface area (Å²) in [7, 11) is 1.35. The molecule has 5 nitrogen and oxygen atoms in total. The molecule has 1 aromatic carbocycles. The van der Waals surface area contributed by atoms with Gasteiger partial charge in [-0.2, -0.15) is 0 Å². The highest BCUT2D eigenvalue weighted by Crippen LogP contribution is 2.17. The van der Waals surface area contributed by atoms with Crippen LogP contribution in [0.2, 0.25) is 0 Å². The van der Waals surface area contributed by atoms with Gasteiger partial charge in [0.15, 0.2) is 0 Å². The van der Waals surface area contributed by atoms with Crippen LogP contribution in [-0.2, 0) is 22.5 Å². The molecule has 2 N–H and O–H groups in total. The molecule has 1 aromatic heterocycles. The number of esters is 1. The predicted octanol–water partition coefficient (Wildman–Crippen LogP) is 1.49. The van der Waals surface area contributed by atoms with E-state index in [0.29, 0.717) is 6.54 Å². The number of nitrogens with two attached hydrogens (primary N) is 1. The molecule has 5 heteroatoms. The molecule has 1 unspecified atom stereocenters. The van der Waals surface area contributed by atoms with E-state index in [9.17, 15) is 4.79 Å². The lowest BCUT2D eigenvalue weighted by Gasteiger charge is -2.13. The summed E-state index contributed by atoms with van der Waals surface area (Å²) in [6.07, 6.45) is 1.86. The molecular formula is C14H19N3O2. The minimum Gasteiger partial charge on any atom is -0.468 e. The molecule has 102 valence electrons. The number of nitrogens with zero attached hydrogens (tertiary/aromatic N) is 2. The maximum absolute atomic E-state index is 11.5. The minimum atomic E-state index is -0.668. The van der Waals surface area contributed by atoms with Crippen molar-refractivity contribution in [2.45, 2.75) is 32.4 Å². The Kier molecular flexibility index (Phi) is 4.16. The zero-order chi connectivity index (χ0) is 13.8. The van der Waals surface area contributed by atoms with Gasteiger partial charge in [0.25, 0.3) is 0 Å². The number of para-hydroxylation sites is 2. The van der Waals surface area contributed by atoms with Gasteiger partial charge in [0, 0.05) is 6.42 Å². The van der Waals surface area contributed by atoms with E-state index in [1.165, 1.54) is 7.11 Å². The Labute approximate surface area is 112 Å². The second kappa shape index (κ2) is 5.84. The highest BCUT2D eigenvalue weighted by molar-refractivity contribution is 5.78. The van der Waals surface area contributed by atoms with Crippen molar-refractivity contribution in [2.75, 3.05) is 7.11 Å². The highest BCUT2D eigenvalue weighted by atomic mass is 16.5. The lowest BCUT2D eigenvalue weighted by atomic mass is 10.2. The van der Waals surface area contributed by atoms with Gasteiger partial charge >= 0.3 is 5.97 Å². The number of fused-ring (bicyclic) bond motifs is 1. The monoisotopic (exact) mass is 261 g/mol. The molecule has 0 aliphatic carbocycles. The number of hydrogen-bond donors (Lipinski definition) is 1. The number of benzene rings is 1. The van der Waals surface area contributed by atoms with Gasteiger partial charge in [0.2, 0.25) is 0 Å². The van der Waals surface area contributed by atoms with Crippen molar-refractivity contribution >= 4 is 17.0 Å². The van der Waals surface area contributed by atoms with Crippen molar-refractivity contribution in [1.82, 2.24) is 9.55 Å². The minimum absolute atomic E-state index is 0.391.